The summed E-state index contributed by atoms with van der Waals surface area (Å²) in [6.45, 7) is 8.40. The van der Waals surface area contributed by atoms with Gasteiger partial charge in [0.25, 0.3) is 0 Å². The van der Waals surface area contributed by atoms with Gasteiger partial charge in [0.1, 0.15) is 5.69 Å². The fourth-order valence-corrected chi connectivity index (χ4v) is 3.03. The van der Waals surface area contributed by atoms with Gasteiger partial charge in [-0.15, -0.1) is 5.10 Å². The highest BCUT2D eigenvalue weighted by Gasteiger charge is 2.36. The molecule has 0 bridgehead atoms. The van der Waals surface area contributed by atoms with E-state index < -0.39 is 0 Å². The molecule has 1 aliphatic heterocycles. The molecular weight excluding hydrogens is 290 g/mol. The first-order chi connectivity index (χ1) is 11.1. The third-order valence-electron chi connectivity index (χ3n) is 4.64. The average Bonchev–Trinajstić information content (AvgIpc) is 3.21. The molecule has 2 aromatic heterocycles. The number of hydrogen-bond donors (Lipinski definition) is 0. The molecule has 0 saturated carbocycles. The van der Waals surface area contributed by atoms with Crippen LogP contribution >= 0.6 is 0 Å². The van der Waals surface area contributed by atoms with Gasteiger partial charge in [0.15, 0.2) is 0 Å². The summed E-state index contributed by atoms with van der Waals surface area (Å²) < 4.78 is 7.59. The van der Waals surface area contributed by atoms with Gasteiger partial charge < -0.3 is 4.74 Å². The first kappa shape index (κ1) is 16.1. The topological polar surface area (TPSA) is 56.1 Å². The predicted molar refractivity (Wildman–Crippen MR) is 89.2 cm³/mol. The maximum atomic E-state index is 5.66. The second-order valence-corrected chi connectivity index (χ2v) is 6.38. The molecule has 3 rings (SSSR count). The Balaban J connectivity index is 1.80. The second-order valence-electron chi connectivity index (χ2n) is 6.38. The molecule has 0 aliphatic carbocycles. The van der Waals surface area contributed by atoms with Gasteiger partial charge in [0.2, 0.25) is 0 Å². The van der Waals surface area contributed by atoms with E-state index in [0.29, 0.717) is 6.04 Å². The molecule has 1 aliphatic rings. The molecule has 0 unspecified atom stereocenters. The zero-order chi connectivity index (χ0) is 16.4. The summed E-state index contributed by atoms with van der Waals surface area (Å²) in [5.41, 5.74) is 2.90. The number of ether oxygens (including phenoxy) is 1. The number of nitrogens with zero attached hydrogens (tertiary/aromatic N) is 5. The first-order valence-electron chi connectivity index (χ1n) is 8.26. The van der Waals surface area contributed by atoms with Crippen LogP contribution in [0.4, 0.5) is 0 Å². The van der Waals surface area contributed by atoms with Crippen molar-refractivity contribution < 1.29 is 4.74 Å². The molecule has 1 fully saturated rings. The summed E-state index contributed by atoms with van der Waals surface area (Å²) in [5.74, 6) is 0. The number of pyridine rings is 1. The summed E-state index contributed by atoms with van der Waals surface area (Å²) in [6, 6.07) is 4.80. The Morgan fingerprint density at radius 2 is 2.09 bits per heavy atom. The molecule has 0 radical (unpaired) electrons. The number of likely N-dealkylation sites (tertiary alicyclic amines) is 1. The largest absolute Gasteiger partial charge is 0.378 e. The van der Waals surface area contributed by atoms with Crippen LogP contribution in [-0.4, -0.2) is 57.2 Å². The van der Waals surface area contributed by atoms with Crippen LogP contribution in [0.3, 0.4) is 0 Å². The van der Waals surface area contributed by atoms with Crippen LogP contribution < -0.4 is 0 Å². The van der Waals surface area contributed by atoms with E-state index in [2.05, 4.69) is 47.0 Å². The second kappa shape index (κ2) is 6.76. The SMILES string of the molecule is CCc1ccc(-c2cn([C@@H]3CN(C(C)C)C[C@H]3OC)nn2)nc1. The van der Waals surface area contributed by atoms with Crippen molar-refractivity contribution in [2.24, 2.45) is 0 Å². The highest BCUT2D eigenvalue weighted by molar-refractivity contribution is 5.52. The minimum Gasteiger partial charge on any atom is -0.378 e. The van der Waals surface area contributed by atoms with E-state index in [9.17, 15) is 0 Å². The Morgan fingerprint density at radius 3 is 2.70 bits per heavy atom. The van der Waals surface area contributed by atoms with E-state index in [1.54, 1.807) is 7.11 Å². The molecule has 2 atom stereocenters. The fraction of sp³-hybridized carbons (Fsp3) is 0.588. The molecule has 0 amide bonds. The lowest BCUT2D eigenvalue weighted by molar-refractivity contribution is 0.0760. The number of hydrogen-bond acceptors (Lipinski definition) is 5. The molecule has 124 valence electrons. The lowest BCUT2D eigenvalue weighted by atomic mass is 10.2. The zero-order valence-electron chi connectivity index (χ0n) is 14.3. The van der Waals surface area contributed by atoms with Crippen LogP contribution in [0.15, 0.2) is 24.5 Å². The maximum absolute atomic E-state index is 5.66. The molecule has 0 spiro atoms. The van der Waals surface area contributed by atoms with E-state index in [1.807, 2.05) is 23.1 Å². The summed E-state index contributed by atoms with van der Waals surface area (Å²) >= 11 is 0. The fourth-order valence-electron chi connectivity index (χ4n) is 3.03. The van der Waals surface area contributed by atoms with Crippen molar-refractivity contribution in [2.45, 2.75) is 45.4 Å². The summed E-state index contributed by atoms with van der Waals surface area (Å²) in [6.07, 6.45) is 5.02. The Morgan fingerprint density at radius 1 is 1.26 bits per heavy atom. The van der Waals surface area contributed by atoms with Crippen LogP contribution in [0.5, 0.6) is 0 Å². The Bertz CT molecular complexity index is 637. The molecule has 6 nitrogen and oxygen atoms in total. The molecule has 2 aromatic rings. The highest BCUT2D eigenvalue weighted by atomic mass is 16.5. The minimum absolute atomic E-state index is 0.141. The van der Waals surface area contributed by atoms with Crippen molar-refractivity contribution in [1.29, 1.82) is 0 Å². The molecule has 0 N–H and O–H groups in total. The lowest BCUT2D eigenvalue weighted by Gasteiger charge is -2.19. The summed E-state index contributed by atoms with van der Waals surface area (Å²) in [7, 11) is 1.77. The Kier molecular flexibility index (Phi) is 4.73. The Labute approximate surface area is 137 Å². The van der Waals surface area contributed by atoms with Gasteiger partial charge >= 0.3 is 0 Å². The third kappa shape index (κ3) is 3.28. The summed E-state index contributed by atoms with van der Waals surface area (Å²) in [4.78, 5) is 6.90. The maximum Gasteiger partial charge on any atom is 0.131 e. The summed E-state index contributed by atoms with van der Waals surface area (Å²) in [5, 5.41) is 8.63. The van der Waals surface area contributed by atoms with E-state index in [0.717, 1.165) is 30.9 Å². The van der Waals surface area contributed by atoms with Crippen LogP contribution in [0, 0.1) is 0 Å². The molecule has 6 heteroatoms. The predicted octanol–water partition coefficient (Wildman–Crippen LogP) is 2.18. The molecular formula is C17H25N5O. The highest BCUT2D eigenvalue weighted by Crippen LogP contribution is 2.26. The van der Waals surface area contributed by atoms with Gasteiger partial charge in [-0.3, -0.25) is 9.88 Å². The average molecular weight is 315 g/mol. The van der Waals surface area contributed by atoms with Crippen molar-refractivity contribution in [1.82, 2.24) is 24.9 Å². The number of aromatic nitrogens is 4. The lowest BCUT2D eigenvalue weighted by Crippen LogP contribution is -2.29. The number of aryl methyl sites for hydroxylation is 1. The van der Waals surface area contributed by atoms with E-state index in [1.165, 1.54) is 5.56 Å². The smallest absolute Gasteiger partial charge is 0.131 e. The standard InChI is InChI=1S/C17H25N5O/c1-5-13-6-7-14(18-8-13)15-9-22(20-19-15)16-10-21(12(2)3)11-17(16)23-4/h6-9,12,16-17H,5,10-11H2,1-4H3/t16-,17-/m1/s1. The quantitative estimate of drug-likeness (QED) is 0.846. The van der Waals surface area contributed by atoms with Crippen molar-refractivity contribution in [3.8, 4) is 11.4 Å². The number of methoxy groups -OCH3 is 1. The molecule has 3 heterocycles. The van der Waals surface area contributed by atoms with Crippen molar-refractivity contribution in [3.63, 3.8) is 0 Å². The molecule has 1 saturated heterocycles. The van der Waals surface area contributed by atoms with E-state index in [-0.39, 0.29) is 12.1 Å². The van der Waals surface area contributed by atoms with Crippen LogP contribution in [0.25, 0.3) is 11.4 Å². The third-order valence-corrected chi connectivity index (χ3v) is 4.64. The van der Waals surface area contributed by atoms with Gasteiger partial charge in [0.05, 0.1) is 24.0 Å². The minimum atomic E-state index is 0.141. The first-order valence-corrected chi connectivity index (χ1v) is 8.26. The van der Waals surface area contributed by atoms with Crippen LogP contribution in [0.1, 0.15) is 32.4 Å². The molecule has 0 aromatic carbocycles. The zero-order valence-corrected chi connectivity index (χ0v) is 14.3. The van der Waals surface area contributed by atoms with E-state index in [4.69, 9.17) is 4.74 Å². The van der Waals surface area contributed by atoms with Gasteiger partial charge in [0, 0.05) is 32.4 Å². The van der Waals surface area contributed by atoms with E-state index >= 15 is 0 Å². The van der Waals surface area contributed by atoms with Gasteiger partial charge in [-0.05, 0) is 31.9 Å². The van der Waals surface area contributed by atoms with Crippen LogP contribution in [-0.2, 0) is 11.2 Å². The van der Waals surface area contributed by atoms with Crippen molar-refractivity contribution in [3.05, 3.63) is 30.1 Å². The van der Waals surface area contributed by atoms with Gasteiger partial charge in [-0.25, -0.2) is 4.68 Å². The Hall–Kier alpha value is -1.79. The van der Waals surface area contributed by atoms with Gasteiger partial charge in [-0.2, -0.15) is 0 Å². The molecule has 23 heavy (non-hydrogen) atoms. The monoisotopic (exact) mass is 315 g/mol. The van der Waals surface area contributed by atoms with Gasteiger partial charge in [-0.1, -0.05) is 18.2 Å². The van der Waals surface area contributed by atoms with Crippen LogP contribution in [0.2, 0.25) is 0 Å². The normalized spacial score (nSPS) is 22.1. The van der Waals surface area contributed by atoms with Crippen molar-refractivity contribution in [2.75, 3.05) is 20.2 Å². The number of rotatable bonds is 5. The van der Waals surface area contributed by atoms with Crippen molar-refractivity contribution >= 4 is 0 Å².